The van der Waals surface area contributed by atoms with E-state index >= 15 is 0 Å². The van der Waals surface area contributed by atoms with E-state index in [2.05, 4.69) is 26.0 Å². The molecule has 0 saturated heterocycles. The summed E-state index contributed by atoms with van der Waals surface area (Å²) in [6, 6.07) is 8.24. The second-order valence-electron chi connectivity index (χ2n) is 4.48. The highest BCUT2D eigenvalue weighted by molar-refractivity contribution is 9.10. The standard InChI is InChI=1S/C14H9BrF3N3S/c1-22-9-4-2-8(3-5-9)11-6-12(14(16,17)18)21-13(20-11)10(15)7-19-21/h2-7H,1H3. The van der Waals surface area contributed by atoms with Crippen molar-refractivity contribution >= 4 is 33.3 Å². The van der Waals surface area contributed by atoms with Crippen LogP contribution in [0.25, 0.3) is 16.9 Å². The highest BCUT2D eigenvalue weighted by atomic mass is 79.9. The first-order valence-corrected chi connectivity index (χ1v) is 8.18. The van der Waals surface area contributed by atoms with Crippen LogP contribution in [-0.2, 0) is 6.18 Å². The van der Waals surface area contributed by atoms with Gasteiger partial charge >= 0.3 is 6.18 Å². The number of rotatable bonds is 2. The van der Waals surface area contributed by atoms with Gasteiger partial charge < -0.3 is 0 Å². The predicted molar refractivity (Wildman–Crippen MR) is 82.9 cm³/mol. The van der Waals surface area contributed by atoms with Gasteiger partial charge in [0.1, 0.15) is 0 Å². The van der Waals surface area contributed by atoms with E-state index in [0.29, 0.717) is 10.0 Å². The molecule has 0 aliphatic carbocycles. The summed E-state index contributed by atoms with van der Waals surface area (Å²) in [5.41, 5.74) is 0.165. The van der Waals surface area contributed by atoms with E-state index in [4.69, 9.17) is 0 Å². The van der Waals surface area contributed by atoms with E-state index in [-0.39, 0.29) is 11.3 Å². The summed E-state index contributed by atoms with van der Waals surface area (Å²) in [6.45, 7) is 0. The molecule has 3 aromatic rings. The Balaban J connectivity index is 2.23. The molecule has 114 valence electrons. The molecule has 0 radical (unpaired) electrons. The number of thioether (sulfide) groups is 1. The maximum Gasteiger partial charge on any atom is 0.433 e. The average molecular weight is 388 g/mol. The number of benzene rings is 1. The summed E-state index contributed by atoms with van der Waals surface area (Å²) in [5, 5.41) is 3.73. The van der Waals surface area contributed by atoms with Crippen LogP contribution in [0.15, 0.2) is 45.9 Å². The Hall–Kier alpha value is -1.54. The van der Waals surface area contributed by atoms with Crippen LogP contribution in [0.4, 0.5) is 13.2 Å². The molecule has 0 spiro atoms. The summed E-state index contributed by atoms with van der Waals surface area (Å²) in [4.78, 5) is 5.32. The van der Waals surface area contributed by atoms with Gasteiger partial charge in [-0.3, -0.25) is 0 Å². The Morgan fingerprint density at radius 1 is 1.18 bits per heavy atom. The van der Waals surface area contributed by atoms with E-state index in [9.17, 15) is 13.2 Å². The largest absolute Gasteiger partial charge is 0.433 e. The summed E-state index contributed by atoms with van der Waals surface area (Å²) < 4.78 is 40.9. The Bertz CT molecular complexity index is 828. The van der Waals surface area contributed by atoms with Gasteiger partial charge in [0.2, 0.25) is 0 Å². The lowest BCUT2D eigenvalue weighted by molar-refractivity contribution is -0.142. The molecule has 0 N–H and O–H groups in total. The molecule has 0 atom stereocenters. The van der Waals surface area contributed by atoms with E-state index < -0.39 is 11.9 Å². The summed E-state index contributed by atoms with van der Waals surface area (Å²) in [7, 11) is 0. The van der Waals surface area contributed by atoms with Crippen molar-refractivity contribution in [3.63, 3.8) is 0 Å². The minimum absolute atomic E-state index is 0.138. The molecular weight excluding hydrogens is 379 g/mol. The Morgan fingerprint density at radius 3 is 2.45 bits per heavy atom. The predicted octanol–water partition coefficient (Wildman–Crippen LogP) is 4.90. The molecule has 0 aliphatic rings. The van der Waals surface area contributed by atoms with Gasteiger partial charge in [0.25, 0.3) is 0 Å². The lowest BCUT2D eigenvalue weighted by atomic mass is 10.1. The van der Waals surface area contributed by atoms with E-state index in [1.165, 1.54) is 6.20 Å². The molecule has 0 fully saturated rings. The zero-order valence-electron chi connectivity index (χ0n) is 11.2. The summed E-state index contributed by atoms with van der Waals surface area (Å²) in [5.74, 6) is 0. The molecule has 3 nitrogen and oxygen atoms in total. The fraction of sp³-hybridized carbons (Fsp3) is 0.143. The average Bonchev–Trinajstić information content (AvgIpc) is 2.87. The van der Waals surface area contributed by atoms with Gasteiger partial charge in [-0.25, -0.2) is 9.50 Å². The van der Waals surface area contributed by atoms with Crippen molar-refractivity contribution in [3.8, 4) is 11.3 Å². The van der Waals surface area contributed by atoms with Crippen LogP contribution < -0.4 is 0 Å². The summed E-state index contributed by atoms with van der Waals surface area (Å²) >= 11 is 4.75. The van der Waals surface area contributed by atoms with E-state index in [0.717, 1.165) is 15.5 Å². The first-order chi connectivity index (χ1) is 10.4. The molecule has 0 aliphatic heterocycles. The Kier molecular flexibility index (Phi) is 3.90. The van der Waals surface area contributed by atoms with Crippen LogP contribution in [0.2, 0.25) is 0 Å². The van der Waals surface area contributed by atoms with Crippen molar-refractivity contribution in [2.45, 2.75) is 11.1 Å². The van der Waals surface area contributed by atoms with Crippen molar-refractivity contribution in [1.82, 2.24) is 14.6 Å². The van der Waals surface area contributed by atoms with Gasteiger partial charge in [-0.05, 0) is 40.4 Å². The van der Waals surface area contributed by atoms with E-state index in [1.54, 1.807) is 23.9 Å². The van der Waals surface area contributed by atoms with Gasteiger partial charge in [0, 0.05) is 10.5 Å². The fourth-order valence-electron chi connectivity index (χ4n) is 2.05. The molecule has 0 amide bonds. The molecule has 0 saturated carbocycles. The molecule has 22 heavy (non-hydrogen) atoms. The number of nitrogens with zero attached hydrogens (tertiary/aromatic N) is 3. The maximum absolute atomic E-state index is 13.2. The van der Waals surface area contributed by atoms with Gasteiger partial charge in [-0.2, -0.15) is 18.3 Å². The van der Waals surface area contributed by atoms with Crippen molar-refractivity contribution < 1.29 is 13.2 Å². The Labute approximate surface area is 136 Å². The van der Waals surface area contributed by atoms with Crippen LogP contribution in [0.1, 0.15) is 5.69 Å². The second kappa shape index (κ2) is 5.58. The minimum Gasteiger partial charge on any atom is -0.227 e. The Morgan fingerprint density at radius 2 is 1.86 bits per heavy atom. The molecule has 2 heterocycles. The van der Waals surface area contributed by atoms with Crippen LogP contribution >= 0.6 is 27.7 Å². The van der Waals surface area contributed by atoms with Gasteiger partial charge in [-0.15, -0.1) is 11.8 Å². The third-order valence-electron chi connectivity index (χ3n) is 3.10. The third kappa shape index (κ3) is 2.72. The highest BCUT2D eigenvalue weighted by Gasteiger charge is 2.35. The van der Waals surface area contributed by atoms with Crippen molar-refractivity contribution in [2.24, 2.45) is 0 Å². The zero-order valence-corrected chi connectivity index (χ0v) is 13.6. The molecular formula is C14H9BrF3N3S. The topological polar surface area (TPSA) is 30.2 Å². The van der Waals surface area contributed by atoms with Crippen molar-refractivity contribution in [3.05, 3.63) is 46.7 Å². The van der Waals surface area contributed by atoms with Crippen molar-refractivity contribution in [1.29, 1.82) is 0 Å². The van der Waals surface area contributed by atoms with Gasteiger partial charge in [0.15, 0.2) is 11.3 Å². The number of hydrogen-bond donors (Lipinski definition) is 0. The molecule has 0 bridgehead atoms. The third-order valence-corrected chi connectivity index (χ3v) is 4.41. The highest BCUT2D eigenvalue weighted by Crippen LogP contribution is 2.33. The number of alkyl halides is 3. The van der Waals surface area contributed by atoms with Crippen LogP contribution in [0.3, 0.4) is 0 Å². The minimum atomic E-state index is -4.51. The fourth-order valence-corrected chi connectivity index (χ4v) is 2.80. The second-order valence-corrected chi connectivity index (χ2v) is 6.21. The zero-order chi connectivity index (χ0) is 15.9. The lowest BCUT2D eigenvalue weighted by Gasteiger charge is -2.11. The number of fused-ring (bicyclic) bond motifs is 1. The van der Waals surface area contributed by atoms with Crippen LogP contribution in [-0.4, -0.2) is 20.9 Å². The van der Waals surface area contributed by atoms with Crippen molar-refractivity contribution in [2.75, 3.05) is 6.26 Å². The van der Waals surface area contributed by atoms with Gasteiger partial charge in [-0.1, -0.05) is 12.1 Å². The van der Waals surface area contributed by atoms with E-state index in [1.807, 2.05) is 18.4 Å². The SMILES string of the molecule is CSc1ccc(-c2cc(C(F)(F)F)n3ncc(Br)c3n2)cc1. The molecule has 2 aromatic heterocycles. The quantitative estimate of drug-likeness (QED) is 0.585. The maximum atomic E-state index is 13.2. The first-order valence-electron chi connectivity index (χ1n) is 6.16. The molecule has 0 unspecified atom stereocenters. The molecule has 3 rings (SSSR count). The monoisotopic (exact) mass is 387 g/mol. The molecule has 8 heteroatoms. The lowest BCUT2D eigenvalue weighted by Crippen LogP contribution is -2.13. The van der Waals surface area contributed by atoms with Crippen LogP contribution in [0.5, 0.6) is 0 Å². The number of aromatic nitrogens is 3. The van der Waals surface area contributed by atoms with Crippen LogP contribution in [0, 0.1) is 0 Å². The van der Waals surface area contributed by atoms with Gasteiger partial charge in [0.05, 0.1) is 16.4 Å². The number of halogens is 4. The number of hydrogen-bond acceptors (Lipinski definition) is 3. The molecule has 1 aromatic carbocycles. The smallest absolute Gasteiger partial charge is 0.227 e. The summed E-state index contributed by atoms with van der Waals surface area (Å²) in [6.07, 6.45) is -1.27. The first kappa shape index (κ1) is 15.4. The normalized spacial score (nSPS) is 12.0.